The Balaban J connectivity index is 2.00. The zero-order valence-electron chi connectivity index (χ0n) is 19.3. The van der Waals surface area contributed by atoms with Crippen molar-refractivity contribution in [3.05, 3.63) is 93.8 Å². The van der Waals surface area contributed by atoms with Gasteiger partial charge in [-0.1, -0.05) is 18.2 Å². The SMILES string of the molecule is COc1cc(C)c(/C(O)=C2\C(=O)C(=O)N(c3cccc(C)c3C)C2c2ccccn2)cc1C. The Morgan fingerprint density at radius 1 is 0.970 bits per heavy atom. The molecule has 1 atom stereocenters. The molecular formula is C27H26N2O4. The molecule has 2 aromatic carbocycles. The number of carbonyl (C=O) groups is 2. The molecule has 1 aromatic heterocycles. The fourth-order valence-corrected chi connectivity index (χ4v) is 4.30. The zero-order valence-corrected chi connectivity index (χ0v) is 19.3. The molecule has 3 aromatic rings. The van der Waals surface area contributed by atoms with Crippen molar-refractivity contribution in [2.45, 2.75) is 33.7 Å². The van der Waals surface area contributed by atoms with Crippen LogP contribution in [0.1, 0.15) is 39.6 Å². The molecular weight excluding hydrogens is 416 g/mol. The number of carbonyl (C=O) groups excluding carboxylic acids is 2. The van der Waals surface area contributed by atoms with E-state index in [2.05, 4.69) is 4.98 Å². The van der Waals surface area contributed by atoms with Crippen LogP contribution >= 0.6 is 0 Å². The summed E-state index contributed by atoms with van der Waals surface area (Å²) in [5, 5.41) is 11.4. The fourth-order valence-electron chi connectivity index (χ4n) is 4.30. The minimum atomic E-state index is -0.853. The van der Waals surface area contributed by atoms with Gasteiger partial charge in [-0.25, -0.2) is 0 Å². The molecule has 0 bridgehead atoms. The van der Waals surface area contributed by atoms with Crippen LogP contribution in [-0.2, 0) is 9.59 Å². The molecule has 1 aliphatic heterocycles. The molecule has 1 N–H and O–H groups in total. The third-order valence-electron chi connectivity index (χ3n) is 6.24. The van der Waals surface area contributed by atoms with Crippen molar-refractivity contribution in [2.75, 3.05) is 12.0 Å². The number of aliphatic hydroxyl groups is 1. The first-order chi connectivity index (χ1) is 15.8. The Morgan fingerprint density at radius 3 is 2.39 bits per heavy atom. The van der Waals surface area contributed by atoms with Crippen LogP contribution in [0.15, 0.2) is 60.3 Å². The van der Waals surface area contributed by atoms with Gasteiger partial charge in [-0.05, 0) is 80.3 Å². The van der Waals surface area contributed by atoms with Crippen molar-refractivity contribution in [3.63, 3.8) is 0 Å². The molecule has 1 amide bonds. The van der Waals surface area contributed by atoms with E-state index in [1.54, 1.807) is 43.6 Å². The van der Waals surface area contributed by atoms with Gasteiger partial charge in [0.25, 0.3) is 11.7 Å². The molecule has 6 heteroatoms. The van der Waals surface area contributed by atoms with Crippen LogP contribution in [0, 0.1) is 27.7 Å². The molecule has 1 unspecified atom stereocenters. The maximum atomic E-state index is 13.3. The summed E-state index contributed by atoms with van der Waals surface area (Å²) in [6, 6.07) is 13.7. The Hall–Kier alpha value is -3.93. The lowest BCUT2D eigenvalue weighted by Gasteiger charge is -2.26. The normalized spacial score (nSPS) is 17.5. The molecule has 2 heterocycles. The predicted octanol–water partition coefficient (Wildman–Crippen LogP) is 4.95. The lowest BCUT2D eigenvalue weighted by Crippen LogP contribution is -2.30. The average molecular weight is 443 g/mol. The summed E-state index contributed by atoms with van der Waals surface area (Å²) in [6.45, 7) is 7.55. The van der Waals surface area contributed by atoms with Crippen molar-refractivity contribution >= 4 is 23.1 Å². The summed E-state index contributed by atoms with van der Waals surface area (Å²) < 4.78 is 5.38. The van der Waals surface area contributed by atoms with Gasteiger partial charge in [0.2, 0.25) is 0 Å². The van der Waals surface area contributed by atoms with Crippen molar-refractivity contribution in [3.8, 4) is 5.75 Å². The first-order valence-electron chi connectivity index (χ1n) is 10.7. The number of hydrogen-bond acceptors (Lipinski definition) is 5. The standard InChI is InChI=1S/C27H26N2O4/c1-15-9-8-11-21(18(15)4)29-24(20-10-6-7-12-28-20)23(26(31)27(29)32)25(30)19-13-17(3)22(33-5)14-16(19)2/h6-14,24,30H,1-5H3/b25-23+. The number of Topliss-reactive ketones (excluding diaryl/α,β-unsaturated/α-hetero) is 1. The van der Waals surface area contributed by atoms with Gasteiger partial charge in [-0.3, -0.25) is 19.5 Å². The van der Waals surface area contributed by atoms with E-state index < -0.39 is 17.7 Å². The van der Waals surface area contributed by atoms with Crippen LogP contribution in [0.2, 0.25) is 0 Å². The highest BCUT2D eigenvalue weighted by atomic mass is 16.5. The molecule has 0 spiro atoms. The topological polar surface area (TPSA) is 79.7 Å². The molecule has 0 aliphatic carbocycles. The molecule has 168 valence electrons. The number of nitrogens with zero attached hydrogens (tertiary/aromatic N) is 2. The van der Waals surface area contributed by atoms with E-state index in [9.17, 15) is 14.7 Å². The van der Waals surface area contributed by atoms with Gasteiger partial charge in [0, 0.05) is 17.4 Å². The number of anilines is 1. The highest BCUT2D eigenvalue weighted by Gasteiger charge is 2.48. The lowest BCUT2D eigenvalue weighted by molar-refractivity contribution is -0.132. The van der Waals surface area contributed by atoms with Crippen molar-refractivity contribution in [2.24, 2.45) is 0 Å². The van der Waals surface area contributed by atoms with Crippen molar-refractivity contribution < 1.29 is 19.4 Å². The summed E-state index contributed by atoms with van der Waals surface area (Å²) >= 11 is 0. The van der Waals surface area contributed by atoms with Crippen LogP contribution < -0.4 is 9.64 Å². The smallest absolute Gasteiger partial charge is 0.300 e. The Bertz CT molecular complexity index is 1290. The maximum absolute atomic E-state index is 13.3. The van der Waals surface area contributed by atoms with Gasteiger partial charge in [-0.15, -0.1) is 0 Å². The van der Waals surface area contributed by atoms with E-state index in [1.807, 2.05) is 45.9 Å². The van der Waals surface area contributed by atoms with E-state index >= 15 is 0 Å². The number of aliphatic hydroxyl groups excluding tert-OH is 1. The minimum absolute atomic E-state index is 0.0206. The summed E-state index contributed by atoms with van der Waals surface area (Å²) in [5.41, 5.74) is 5.04. The van der Waals surface area contributed by atoms with E-state index in [4.69, 9.17) is 4.74 Å². The molecule has 0 saturated carbocycles. The third kappa shape index (κ3) is 3.67. The number of ketones is 1. The van der Waals surface area contributed by atoms with Gasteiger partial charge in [0.15, 0.2) is 0 Å². The van der Waals surface area contributed by atoms with Gasteiger partial charge < -0.3 is 9.84 Å². The number of benzene rings is 2. The van der Waals surface area contributed by atoms with Crippen LogP contribution in [0.4, 0.5) is 5.69 Å². The molecule has 1 fully saturated rings. The highest BCUT2D eigenvalue weighted by Crippen LogP contribution is 2.43. The number of rotatable bonds is 4. The fraction of sp³-hybridized carbons (Fsp3) is 0.222. The monoisotopic (exact) mass is 442 g/mol. The van der Waals surface area contributed by atoms with Crippen LogP contribution in [0.5, 0.6) is 5.75 Å². The second-order valence-corrected chi connectivity index (χ2v) is 8.28. The number of aryl methyl sites for hydroxylation is 3. The lowest BCUT2D eigenvalue weighted by atomic mass is 9.94. The second kappa shape index (κ2) is 8.54. The Kier molecular flexibility index (Phi) is 5.77. The average Bonchev–Trinajstić information content (AvgIpc) is 3.07. The van der Waals surface area contributed by atoms with Crippen LogP contribution in [0.3, 0.4) is 0 Å². The minimum Gasteiger partial charge on any atom is -0.507 e. The Labute approximate surface area is 193 Å². The first-order valence-corrected chi connectivity index (χ1v) is 10.7. The zero-order chi connectivity index (χ0) is 23.9. The molecule has 4 rings (SSSR count). The quantitative estimate of drug-likeness (QED) is 0.351. The van der Waals surface area contributed by atoms with Gasteiger partial charge in [0.1, 0.15) is 17.6 Å². The van der Waals surface area contributed by atoms with Crippen LogP contribution in [0.25, 0.3) is 5.76 Å². The van der Waals surface area contributed by atoms with Crippen molar-refractivity contribution in [1.82, 2.24) is 4.98 Å². The molecule has 6 nitrogen and oxygen atoms in total. The largest absolute Gasteiger partial charge is 0.507 e. The number of ether oxygens (including phenoxy) is 1. The number of methoxy groups -OCH3 is 1. The van der Waals surface area contributed by atoms with Crippen molar-refractivity contribution in [1.29, 1.82) is 0 Å². The van der Waals surface area contributed by atoms with E-state index in [1.165, 1.54) is 4.90 Å². The summed E-state index contributed by atoms with van der Waals surface area (Å²) in [4.78, 5) is 32.6. The van der Waals surface area contributed by atoms with E-state index in [0.29, 0.717) is 22.7 Å². The number of pyridine rings is 1. The summed E-state index contributed by atoms with van der Waals surface area (Å²) in [7, 11) is 1.58. The summed E-state index contributed by atoms with van der Waals surface area (Å²) in [5.74, 6) is -0.970. The number of aromatic nitrogens is 1. The summed E-state index contributed by atoms with van der Waals surface area (Å²) in [6.07, 6.45) is 1.61. The van der Waals surface area contributed by atoms with E-state index in [0.717, 1.165) is 22.3 Å². The molecule has 1 saturated heterocycles. The predicted molar refractivity (Wildman–Crippen MR) is 127 cm³/mol. The Morgan fingerprint density at radius 2 is 1.73 bits per heavy atom. The molecule has 0 radical (unpaired) electrons. The second-order valence-electron chi connectivity index (χ2n) is 8.28. The third-order valence-corrected chi connectivity index (χ3v) is 6.24. The van der Waals surface area contributed by atoms with Gasteiger partial charge >= 0.3 is 0 Å². The van der Waals surface area contributed by atoms with Gasteiger partial charge in [-0.2, -0.15) is 0 Å². The first kappa shape index (κ1) is 22.3. The highest BCUT2D eigenvalue weighted by molar-refractivity contribution is 6.51. The van der Waals surface area contributed by atoms with Crippen LogP contribution in [-0.4, -0.2) is 28.9 Å². The number of hydrogen-bond donors (Lipinski definition) is 1. The van der Waals surface area contributed by atoms with Gasteiger partial charge in [0.05, 0.1) is 18.4 Å². The maximum Gasteiger partial charge on any atom is 0.300 e. The molecule has 1 aliphatic rings. The number of amides is 1. The molecule has 33 heavy (non-hydrogen) atoms. The van der Waals surface area contributed by atoms with E-state index in [-0.39, 0.29) is 11.3 Å².